The van der Waals surface area contributed by atoms with Gasteiger partial charge in [0, 0.05) is 23.9 Å². The van der Waals surface area contributed by atoms with Crippen molar-refractivity contribution in [3.8, 4) is 0 Å². The summed E-state index contributed by atoms with van der Waals surface area (Å²) in [6.07, 6.45) is 2.99. The Morgan fingerprint density at radius 2 is 2.06 bits per heavy atom. The van der Waals surface area contributed by atoms with Crippen LogP contribution in [-0.2, 0) is 6.54 Å². The number of benzene rings is 1. The van der Waals surface area contributed by atoms with Crippen molar-refractivity contribution in [3.05, 3.63) is 54.0 Å². The molecule has 0 radical (unpaired) electrons. The lowest BCUT2D eigenvalue weighted by Gasteiger charge is -2.06. The first-order valence-electron chi connectivity index (χ1n) is 5.16. The Balaban J connectivity index is 1.88. The van der Waals surface area contributed by atoms with Crippen LogP contribution >= 0.6 is 0 Å². The van der Waals surface area contributed by atoms with Crippen molar-refractivity contribution >= 4 is 11.7 Å². The molecule has 1 aromatic carbocycles. The molecule has 1 aromatic heterocycles. The second-order valence-corrected chi connectivity index (χ2v) is 3.57. The molecular weight excluding hydrogens is 242 g/mol. The SMILES string of the molecule is O=C(NCc1ccoc1)Nc1ccc(F)c(F)c1. The molecule has 0 aliphatic rings. The van der Waals surface area contributed by atoms with E-state index in [0.717, 1.165) is 17.7 Å². The van der Waals surface area contributed by atoms with E-state index in [0.29, 0.717) is 0 Å². The number of rotatable bonds is 3. The van der Waals surface area contributed by atoms with E-state index in [9.17, 15) is 13.6 Å². The van der Waals surface area contributed by atoms with Gasteiger partial charge in [0.1, 0.15) is 0 Å². The molecule has 0 aliphatic heterocycles. The Hall–Kier alpha value is -2.37. The molecule has 0 unspecified atom stereocenters. The van der Waals surface area contributed by atoms with E-state index in [1.807, 2.05) is 0 Å². The lowest BCUT2D eigenvalue weighted by molar-refractivity contribution is 0.251. The highest BCUT2D eigenvalue weighted by molar-refractivity contribution is 5.89. The summed E-state index contributed by atoms with van der Waals surface area (Å²) in [6, 6.07) is 4.32. The number of furan rings is 1. The predicted octanol–water partition coefficient (Wildman–Crippen LogP) is 2.88. The van der Waals surface area contributed by atoms with E-state index in [2.05, 4.69) is 10.6 Å². The minimum atomic E-state index is -1.01. The zero-order valence-electron chi connectivity index (χ0n) is 9.24. The highest BCUT2D eigenvalue weighted by Crippen LogP contribution is 2.12. The molecule has 0 spiro atoms. The maximum atomic E-state index is 12.9. The Kier molecular flexibility index (Phi) is 3.57. The van der Waals surface area contributed by atoms with Gasteiger partial charge in [-0.05, 0) is 18.2 Å². The van der Waals surface area contributed by atoms with Crippen LogP contribution in [0.1, 0.15) is 5.56 Å². The van der Waals surface area contributed by atoms with Gasteiger partial charge in [-0.2, -0.15) is 0 Å². The van der Waals surface area contributed by atoms with Crippen LogP contribution < -0.4 is 10.6 Å². The average Bonchev–Trinajstić information content (AvgIpc) is 2.84. The molecule has 1 heterocycles. The van der Waals surface area contributed by atoms with Crippen molar-refractivity contribution in [2.75, 3.05) is 5.32 Å². The number of carbonyl (C=O) groups is 1. The molecule has 2 aromatic rings. The molecule has 0 aliphatic carbocycles. The average molecular weight is 252 g/mol. The molecule has 0 atom stereocenters. The number of carbonyl (C=O) groups excluding carboxylic acids is 1. The van der Waals surface area contributed by atoms with E-state index in [1.54, 1.807) is 6.07 Å². The van der Waals surface area contributed by atoms with Gasteiger partial charge < -0.3 is 15.1 Å². The van der Waals surface area contributed by atoms with Gasteiger partial charge in [-0.1, -0.05) is 0 Å². The molecule has 94 valence electrons. The molecule has 0 fully saturated rings. The lowest BCUT2D eigenvalue weighted by Crippen LogP contribution is -2.28. The number of hydrogen-bond acceptors (Lipinski definition) is 2. The Morgan fingerprint density at radius 1 is 1.22 bits per heavy atom. The van der Waals surface area contributed by atoms with Gasteiger partial charge in [0.15, 0.2) is 11.6 Å². The highest BCUT2D eigenvalue weighted by Gasteiger charge is 2.05. The fourth-order valence-corrected chi connectivity index (χ4v) is 1.32. The minimum absolute atomic E-state index is 0.179. The van der Waals surface area contributed by atoms with Crippen molar-refractivity contribution in [2.45, 2.75) is 6.54 Å². The molecule has 4 nitrogen and oxygen atoms in total. The van der Waals surface area contributed by atoms with Gasteiger partial charge in [0.05, 0.1) is 12.5 Å². The van der Waals surface area contributed by atoms with Crippen molar-refractivity contribution in [3.63, 3.8) is 0 Å². The monoisotopic (exact) mass is 252 g/mol. The van der Waals surface area contributed by atoms with Crippen LogP contribution in [0.4, 0.5) is 19.3 Å². The number of anilines is 1. The standard InChI is InChI=1S/C12H10F2N2O2/c13-10-2-1-9(5-11(10)14)16-12(17)15-6-8-3-4-18-7-8/h1-5,7H,6H2,(H2,15,16,17). The van der Waals surface area contributed by atoms with Crippen molar-refractivity contribution in [1.82, 2.24) is 5.32 Å². The summed E-state index contributed by atoms with van der Waals surface area (Å²) in [5.74, 6) is -1.97. The topological polar surface area (TPSA) is 54.3 Å². The first-order valence-corrected chi connectivity index (χ1v) is 5.16. The molecule has 0 saturated carbocycles. The van der Waals surface area contributed by atoms with Crippen LogP contribution in [0, 0.1) is 11.6 Å². The van der Waals surface area contributed by atoms with Crippen LogP contribution in [0.5, 0.6) is 0 Å². The summed E-state index contributed by atoms with van der Waals surface area (Å²) in [6.45, 7) is 0.284. The molecule has 18 heavy (non-hydrogen) atoms. The minimum Gasteiger partial charge on any atom is -0.472 e. The first kappa shape index (κ1) is 12.1. The van der Waals surface area contributed by atoms with Crippen molar-refractivity contribution < 1.29 is 18.0 Å². The summed E-state index contributed by atoms with van der Waals surface area (Å²) < 4.78 is 30.4. The van der Waals surface area contributed by atoms with Gasteiger partial charge >= 0.3 is 6.03 Å². The maximum Gasteiger partial charge on any atom is 0.319 e. The molecule has 2 N–H and O–H groups in total. The third-order valence-electron chi connectivity index (χ3n) is 2.21. The van der Waals surface area contributed by atoms with Crippen molar-refractivity contribution in [2.24, 2.45) is 0 Å². The fourth-order valence-electron chi connectivity index (χ4n) is 1.32. The number of urea groups is 1. The van der Waals surface area contributed by atoms with Crippen LogP contribution in [0.25, 0.3) is 0 Å². The van der Waals surface area contributed by atoms with Gasteiger partial charge in [-0.3, -0.25) is 0 Å². The second-order valence-electron chi connectivity index (χ2n) is 3.57. The van der Waals surface area contributed by atoms with Gasteiger partial charge in [-0.25, -0.2) is 13.6 Å². The highest BCUT2D eigenvalue weighted by atomic mass is 19.2. The Bertz CT molecular complexity index is 541. The van der Waals surface area contributed by atoms with Gasteiger partial charge in [0.2, 0.25) is 0 Å². The normalized spacial score (nSPS) is 10.1. The largest absolute Gasteiger partial charge is 0.472 e. The Morgan fingerprint density at radius 3 is 2.72 bits per heavy atom. The molecule has 2 rings (SSSR count). The molecule has 0 saturated heterocycles. The van der Waals surface area contributed by atoms with Crippen LogP contribution in [-0.4, -0.2) is 6.03 Å². The summed E-state index contributed by atoms with van der Waals surface area (Å²) in [7, 11) is 0. The summed E-state index contributed by atoms with van der Waals surface area (Å²) >= 11 is 0. The number of hydrogen-bond donors (Lipinski definition) is 2. The number of halogens is 2. The van der Waals surface area contributed by atoms with E-state index < -0.39 is 17.7 Å². The Labute approximate surface area is 102 Å². The molecule has 6 heteroatoms. The van der Waals surface area contributed by atoms with E-state index in [-0.39, 0.29) is 12.2 Å². The number of nitrogens with one attached hydrogen (secondary N) is 2. The quantitative estimate of drug-likeness (QED) is 0.882. The smallest absolute Gasteiger partial charge is 0.319 e. The first-order chi connectivity index (χ1) is 8.65. The van der Waals surface area contributed by atoms with Crippen LogP contribution in [0.15, 0.2) is 41.2 Å². The second kappa shape index (κ2) is 5.31. The van der Waals surface area contributed by atoms with E-state index >= 15 is 0 Å². The maximum absolute atomic E-state index is 12.9. The lowest BCUT2D eigenvalue weighted by atomic mass is 10.3. The summed E-state index contributed by atoms with van der Waals surface area (Å²) in [5, 5.41) is 4.93. The number of amides is 2. The van der Waals surface area contributed by atoms with Gasteiger partial charge in [0.25, 0.3) is 0 Å². The van der Waals surface area contributed by atoms with Crippen molar-refractivity contribution in [1.29, 1.82) is 0 Å². The van der Waals surface area contributed by atoms with Gasteiger partial charge in [-0.15, -0.1) is 0 Å². The van der Waals surface area contributed by atoms with Crippen LogP contribution in [0.2, 0.25) is 0 Å². The third-order valence-corrected chi connectivity index (χ3v) is 2.21. The summed E-state index contributed by atoms with van der Waals surface area (Å²) in [4.78, 5) is 11.4. The summed E-state index contributed by atoms with van der Waals surface area (Å²) in [5.41, 5.74) is 0.981. The third kappa shape index (κ3) is 3.07. The van der Waals surface area contributed by atoms with E-state index in [1.165, 1.54) is 18.6 Å². The molecular formula is C12H10F2N2O2. The van der Waals surface area contributed by atoms with E-state index in [4.69, 9.17) is 4.42 Å². The zero-order valence-corrected chi connectivity index (χ0v) is 9.24. The molecule has 0 bridgehead atoms. The predicted molar refractivity (Wildman–Crippen MR) is 60.9 cm³/mol. The fraction of sp³-hybridized carbons (Fsp3) is 0.0833. The van der Waals surface area contributed by atoms with Crippen LogP contribution in [0.3, 0.4) is 0 Å². The molecule has 2 amide bonds. The zero-order chi connectivity index (χ0) is 13.0.